The van der Waals surface area contributed by atoms with Gasteiger partial charge in [-0.15, -0.1) is 6.58 Å². The monoisotopic (exact) mass is 387 g/mol. The van der Waals surface area contributed by atoms with Gasteiger partial charge in [-0.2, -0.15) is 0 Å². The number of hydrogen-bond donors (Lipinski definition) is 1. The lowest BCUT2D eigenvalue weighted by molar-refractivity contribution is 0.140. The lowest BCUT2D eigenvalue weighted by Gasteiger charge is -2.44. The van der Waals surface area contributed by atoms with Crippen LogP contribution in [0.15, 0.2) is 12.7 Å². The van der Waals surface area contributed by atoms with Crippen molar-refractivity contribution in [3.8, 4) is 0 Å². The molecule has 1 aliphatic rings. The zero-order chi connectivity index (χ0) is 19.5. The van der Waals surface area contributed by atoms with Gasteiger partial charge in [0.05, 0.1) is 15.7 Å². The van der Waals surface area contributed by atoms with Crippen molar-refractivity contribution in [3.63, 3.8) is 0 Å². The van der Waals surface area contributed by atoms with Crippen LogP contribution >= 0.6 is 0 Å². The first kappa shape index (κ1) is 23.1. The maximum atomic E-state index is 12.7. The van der Waals surface area contributed by atoms with E-state index in [1.54, 1.807) is 0 Å². The van der Waals surface area contributed by atoms with Crippen molar-refractivity contribution >= 4 is 19.3 Å². The smallest absolute Gasteiger partial charge is 0.191 e. The summed E-state index contributed by atoms with van der Waals surface area (Å²) in [5.41, 5.74) is -0.0976. The minimum atomic E-state index is -1.72. The Hall–Kier alpha value is 0.0269. The highest BCUT2D eigenvalue weighted by molar-refractivity contribution is 7.84. The van der Waals surface area contributed by atoms with Crippen molar-refractivity contribution in [3.05, 3.63) is 12.7 Å². The van der Waals surface area contributed by atoms with E-state index in [0.717, 1.165) is 32.3 Å². The first-order chi connectivity index (χ1) is 11.2. The number of nitrogens with one attached hydrogen (secondary N) is 1. The molecule has 0 saturated heterocycles. The van der Waals surface area contributed by atoms with E-state index in [1.807, 2.05) is 26.8 Å². The molecule has 1 rings (SSSR count). The van der Waals surface area contributed by atoms with E-state index in [1.165, 1.54) is 6.42 Å². The van der Waals surface area contributed by atoms with Gasteiger partial charge in [0.15, 0.2) is 8.32 Å². The quantitative estimate of drug-likeness (QED) is 0.458. The fourth-order valence-corrected chi connectivity index (χ4v) is 5.17. The van der Waals surface area contributed by atoms with Crippen LogP contribution in [0.5, 0.6) is 0 Å². The predicted molar refractivity (Wildman–Crippen MR) is 114 cm³/mol. The van der Waals surface area contributed by atoms with Gasteiger partial charge in [0.1, 0.15) is 0 Å². The van der Waals surface area contributed by atoms with Crippen LogP contribution in [0.1, 0.15) is 73.6 Å². The third-order valence-electron chi connectivity index (χ3n) is 5.83. The summed E-state index contributed by atoms with van der Waals surface area (Å²) in [4.78, 5) is 0. The Bertz CT molecular complexity index is 479. The van der Waals surface area contributed by atoms with E-state index in [-0.39, 0.29) is 15.3 Å². The maximum Gasteiger partial charge on any atom is 0.191 e. The SMILES string of the molecule is C=CCC1(N[S@@](=O)C(C)(C)C)CCCC(CO[Si](C)(C)C(C)(C)C)C1. The minimum Gasteiger partial charge on any atom is -0.417 e. The highest BCUT2D eigenvalue weighted by atomic mass is 32.2. The van der Waals surface area contributed by atoms with Crippen molar-refractivity contribution in [2.24, 2.45) is 5.92 Å². The van der Waals surface area contributed by atoms with Gasteiger partial charge in [0.2, 0.25) is 0 Å². The molecule has 1 N–H and O–H groups in total. The molecule has 0 bridgehead atoms. The molecule has 25 heavy (non-hydrogen) atoms. The summed E-state index contributed by atoms with van der Waals surface area (Å²) in [6, 6.07) is 0. The van der Waals surface area contributed by atoms with E-state index < -0.39 is 19.3 Å². The van der Waals surface area contributed by atoms with Gasteiger partial charge < -0.3 is 4.43 Å². The molecule has 2 unspecified atom stereocenters. The third-order valence-corrected chi connectivity index (χ3v) is 12.1. The zero-order valence-electron chi connectivity index (χ0n) is 17.8. The second kappa shape index (κ2) is 8.36. The van der Waals surface area contributed by atoms with Gasteiger partial charge >= 0.3 is 0 Å². The van der Waals surface area contributed by atoms with Crippen LogP contribution in [0, 0.1) is 5.92 Å². The molecule has 1 saturated carbocycles. The van der Waals surface area contributed by atoms with Crippen molar-refractivity contribution in [2.45, 2.75) is 102 Å². The average molecular weight is 388 g/mol. The van der Waals surface area contributed by atoms with E-state index in [4.69, 9.17) is 4.43 Å². The predicted octanol–water partition coefficient (Wildman–Crippen LogP) is 5.57. The molecule has 0 aromatic heterocycles. The highest BCUT2D eigenvalue weighted by Crippen LogP contribution is 2.40. The third kappa shape index (κ3) is 6.60. The van der Waals surface area contributed by atoms with Crippen molar-refractivity contribution < 1.29 is 8.63 Å². The van der Waals surface area contributed by atoms with E-state index in [2.05, 4.69) is 45.2 Å². The van der Waals surface area contributed by atoms with Gasteiger partial charge in [-0.25, -0.2) is 8.93 Å². The van der Waals surface area contributed by atoms with Gasteiger partial charge in [-0.1, -0.05) is 33.3 Å². The second-order valence-corrected chi connectivity index (χ2v) is 17.1. The maximum absolute atomic E-state index is 12.7. The van der Waals surface area contributed by atoms with Crippen LogP contribution in [0.4, 0.5) is 0 Å². The molecule has 0 aromatic carbocycles. The summed E-state index contributed by atoms with van der Waals surface area (Å²) in [6.07, 6.45) is 7.30. The summed E-state index contributed by atoms with van der Waals surface area (Å²) in [6.45, 7) is 22.4. The Labute approximate surface area is 160 Å². The molecule has 0 radical (unpaired) electrons. The Kier molecular flexibility index (Phi) is 7.72. The van der Waals surface area contributed by atoms with Gasteiger partial charge in [0, 0.05) is 12.1 Å². The molecule has 0 spiro atoms. The molecule has 5 heteroatoms. The first-order valence-electron chi connectivity index (χ1n) is 9.67. The molecule has 0 aromatic rings. The molecule has 0 aliphatic heterocycles. The minimum absolute atomic E-state index is 0.0976. The topological polar surface area (TPSA) is 38.3 Å². The fourth-order valence-electron chi connectivity index (χ4n) is 3.12. The van der Waals surface area contributed by atoms with Crippen molar-refractivity contribution in [1.82, 2.24) is 4.72 Å². The molecule has 148 valence electrons. The van der Waals surface area contributed by atoms with Gasteiger partial charge in [0.25, 0.3) is 0 Å². The fraction of sp³-hybridized carbons (Fsp3) is 0.900. The van der Waals surface area contributed by atoms with Crippen LogP contribution in [-0.2, 0) is 15.4 Å². The summed E-state index contributed by atoms with van der Waals surface area (Å²) in [7, 11) is -2.77. The van der Waals surface area contributed by atoms with Crippen molar-refractivity contribution in [1.29, 1.82) is 0 Å². The van der Waals surface area contributed by atoms with Crippen LogP contribution in [0.25, 0.3) is 0 Å². The van der Waals surface area contributed by atoms with E-state index in [9.17, 15) is 4.21 Å². The summed E-state index contributed by atoms with van der Waals surface area (Å²) in [5, 5.41) is 0.242. The molecular weight excluding hydrogens is 346 g/mol. The standard InChI is InChI=1S/C20H41NO2SSi/c1-10-13-20(21-24(22)18(2,3)4)14-11-12-17(15-20)16-23-25(8,9)19(5,6)7/h10,17,21H,1,11-16H2,2-9H3/t17?,20?,24-/m0/s1. The zero-order valence-corrected chi connectivity index (χ0v) is 19.6. The summed E-state index contributed by atoms with van der Waals surface area (Å²) >= 11 is 0. The van der Waals surface area contributed by atoms with Gasteiger partial charge in [-0.05, 0) is 70.5 Å². The summed E-state index contributed by atoms with van der Waals surface area (Å²) in [5.74, 6) is 0.535. The molecule has 3 atom stereocenters. The second-order valence-electron chi connectivity index (χ2n) is 10.3. The largest absolute Gasteiger partial charge is 0.417 e. The number of hydrogen-bond acceptors (Lipinski definition) is 2. The van der Waals surface area contributed by atoms with E-state index >= 15 is 0 Å². The Morgan fingerprint density at radius 2 is 1.88 bits per heavy atom. The van der Waals surface area contributed by atoms with Crippen LogP contribution in [0.2, 0.25) is 18.1 Å². The Morgan fingerprint density at radius 3 is 2.36 bits per heavy atom. The van der Waals surface area contributed by atoms with Crippen LogP contribution < -0.4 is 4.72 Å². The van der Waals surface area contributed by atoms with E-state index in [0.29, 0.717) is 5.92 Å². The first-order valence-corrected chi connectivity index (χ1v) is 13.7. The van der Waals surface area contributed by atoms with Crippen LogP contribution in [-0.4, -0.2) is 29.4 Å². The lowest BCUT2D eigenvalue weighted by Crippen LogP contribution is -2.53. The Morgan fingerprint density at radius 1 is 1.28 bits per heavy atom. The Balaban J connectivity index is 2.80. The van der Waals surface area contributed by atoms with Crippen LogP contribution in [0.3, 0.4) is 0 Å². The molecular formula is C20H41NO2SSi. The highest BCUT2D eigenvalue weighted by Gasteiger charge is 2.41. The molecule has 3 nitrogen and oxygen atoms in total. The normalized spacial score (nSPS) is 27.1. The number of rotatable bonds is 7. The molecule has 1 fully saturated rings. The van der Waals surface area contributed by atoms with Crippen molar-refractivity contribution in [2.75, 3.05) is 6.61 Å². The average Bonchev–Trinajstić information content (AvgIpc) is 2.43. The lowest BCUT2D eigenvalue weighted by atomic mass is 9.75. The van der Waals surface area contributed by atoms with Gasteiger partial charge in [-0.3, -0.25) is 0 Å². The molecule has 0 amide bonds. The molecule has 1 aliphatic carbocycles. The molecule has 0 heterocycles. The summed E-state index contributed by atoms with van der Waals surface area (Å²) < 4.78 is 22.4.